The van der Waals surface area contributed by atoms with Crippen LogP contribution in [0.3, 0.4) is 0 Å². The molecule has 28 heavy (non-hydrogen) atoms. The number of methoxy groups -OCH3 is 2. The smallest absolute Gasteiger partial charge is 0.337 e. The van der Waals surface area contributed by atoms with Crippen molar-refractivity contribution in [3.05, 3.63) is 82.3 Å². The predicted molar refractivity (Wildman–Crippen MR) is 102 cm³/mol. The summed E-state index contributed by atoms with van der Waals surface area (Å²) >= 11 is 0. The van der Waals surface area contributed by atoms with Crippen molar-refractivity contribution in [2.24, 2.45) is 0 Å². The van der Waals surface area contributed by atoms with E-state index in [0.717, 1.165) is 0 Å². The van der Waals surface area contributed by atoms with E-state index in [1.807, 2.05) is 0 Å². The Labute approximate surface area is 160 Å². The fraction of sp³-hybridized carbons (Fsp3) is 0.100. The van der Waals surface area contributed by atoms with Gasteiger partial charge in [-0.1, -0.05) is 0 Å². The second-order valence-electron chi connectivity index (χ2n) is 5.69. The van der Waals surface area contributed by atoms with Crippen molar-refractivity contribution in [3.63, 3.8) is 0 Å². The van der Waals surface area contributed by atoms with Gasteiger partial charge in [-0.25, -0.2) is 9.48 Å². The molecule has 142 valence electrons. The average Bonchev–Trinajstić information content (AvgIpc) is 2.74. The molecule has 1 N–H and O–H groups in total. The zero-order chi connectivity index (χ0) is 20.1. The minimum atomic E-state index is -0.654. The molecule has 0 aliphatic carbocycles. The molecule has 0 bridgehead atoms. The maximum absolute atomic E-state index is 12.5. The van der Waals surface area contributed by atoms with E-state index in [0.29, 0.717) is 22.7 Å². The van der Waals surface area contributed by atoms with Crippen molar-refractivity contribution in [2.75, 3.05) is 19.5 Å². The van der Waals surface area contributed by atoms with Crippen molar-refractivity contribution in [2.45, 2.75) is 0 Å². The Hall–Kier alpha value is -3.94. The highest BCUT2D eigenvalue weighted by Gasteiger charge is 2.14. The summed E-state index contributed by atoms with van der Waals surface area (Å²) < 4.78 is 11.2. The highest BCUT2D eigenvalue weighted by Crippen LogP contribution is 2.14. The number of carbonyl (C=O) groups is 2. The molecule has 0 spiro atoms. The maximum atomic E-state index is 12.5. The van der Waals surface area contributed by atoms with Crippen molar-refractivity contribution in [1.29, 1.82) is 0 Å². The molecule has 8 nitrogen and oxygen atoms in total. The molecule has 1 aromatic heterocycles. The zero-order valence-electron chi connectivity index (χ0n) is 15.2. The largest absolute Gasteiger partial charge is 0.497 e. The molecule has 3 rings (SSSR count). The van der Waals surface area contributed by atoms with Crippen LogP contribution in [0, 0.1) is 0 Å². The number of carbonyl (C=O) groups excluding carboxylic acids is 2. The molecule has 0 aliphatic rings. The van der Waals surface area contributed by atoms with Gasteiger partial charge < -0.3 is 14.8 Å². The topological polar surface area (TPSA) is 99.5 Å². The third-order valence-electron chi connectivity index (χ3n) is 3.92. The Morgan fingerprint density at radius 1 is 0.964 bits per heavy atom. The van der Waals surface area contributed by atoms with E-state index in [1.54, 1.807) is 31.4 Å². The first-order chi connectivity index (χ1) is 13.5. The van der Waals surface area contributed by atoms with Gasteiger partial charge >= 0.3 is 5.97 Å². The maximum Gasteiger partial charge on any atom is 0.337 e. The van der Waals surface area contributed by atoms with Gasteiger partial charge in [0, 0.05) is 18.0 Å². The molecule has 0 aliphatic heterocycles. The molecule has 2 aromatic carbocycles. The predicted octanol–water partition coefficient (Wildman–Crippen LogP) is 2.28. The van der Waals surface area contributed by atoms with Crippen molar-refractivity contribution in [3.8, 4) is 11.4 Å². The van der Waals surface area contributed by atoms with Gasteiger partial charge in [0.15, 0.2) is 5.69 Å². The van der Waals surface area contributed by atoms with Crippen LogP contribution in [0.25, 0.3) is 5.69 Å². The number of anilines is 1. The van der Waals surface area contributed by atoms with Crippen LogP contribution in [0.1, 0.15) is 20.8 Å². The van der Waals surface area contributed by atoms with Gasteiger partial charge in [0.05, 0.1) is 25.5 Å². The fourth-order valence-electron chi connectivity index (χ4n) is 2.44. The molecular formula is C20H17N3O5. The molecule has 0 fully saturated rings. The number of aromatic nitrogens is 2. The lowest BCUT2D eigenvalue weighted by Gasteiger charge is -2.09. The summed E-state index contributed by atoms with van der Waals surface area (Å²) in [6, 6.07) is 14.4. The third kappa shape index (κ3) is 4.07. The third-order valence-corrected chi connectivity index (χ3v) is 3.92. The van der Waals surface area contributed by atoms with Gasteiger partial charge in [-0.3, -0.25) is 9.59 Å². The van der Waals surface area contributed by atoms with Crippen molar-refractivity contribution < 1.29 is 19.1 Å². The molecule has 0 saturated heterocycles. The first kappa shape index (κ1) is 18.8. The van der Waals surface area contributed by atoms with Gasteiger partial charge in [0.2, 0.25) is 5.43 Å². The lowest BCUT2D eigenvalue weighted by atomic mass is 10.2. The van der Waals surface area contributed by atoms with E-state index in [1.165, 1.54) is 48.3 Å². The molecule has 1 heterocycles. The number of hydrogen-bond acceptors (Lipinski definition) is 6. The number of amides is 1. The Balaban J connectivity index is 1.83. The number of ether oxygens (including phenoxy) is 2. The molecular weight excluding hydrogens is 362 g/mol. The molecule has 0 radical (unpaired) electrons. The summed E-state index contributed by atoms with van der Waals surface area (Å²) in [6.07, 6.45) is 1.48. The minimum Gasteiger partial charge on any atom is -0.497 e. The number of esters is 1. The van der Waals surface area contributed by atoms with Gasteiger partial charge in [0.25, 0.3) is 5.91 Å². The quantitative estimate of drug-likeness (QED) is 0.683. The van der Waals surface area contributed by atoms with Crippen LogP contribution in [0.4, 0.5) is 5.69 Å². The summed E-state index contributed by atoms with van der Waals surface area (Å²) in [5.74, 6) is -0.457. The highest BCUT2D eigenvalue weighted by molar-refractivity contribution is 6.03. The standard InChI is InChI=1S/C20H17N3O5/c1-27-16-9-7-15(8-10-16)23-12-11-17(24)18(22-23)19(25)21-14-5-3-13(4-6-14)20(26)28-2/h3-12H,1-2H3,(H,21,25). The molecule has 1 amide bonds. The summed E-state index contributed by atoms with van der Waals surface area (Å²) in [4.78, 5) is 36.0. The SMILES string of the molecule is COC(=O)c1ccc(NC(=O)c2nn(-c3ccc(OC)cc3)ccc2=O)cc1. The summed E-state index contributed by atoms with van der Waals surface area (Å²) in [7, 11) is 2.85. The Kier molecular flexibility index (Phi) is 5.50. The monoisotopic (exact) mass is 379 g/mol. The lowest BCUT2D eigenvalue weighted by Crippen LogP contribution is -2.25. The zero-order valence-corrected chi connectivity index (χ0v) is 15.2. The van der Waals surface area contributed by atoms with Crippen LogP contribution in [0.2, 0.25) is 0 Å². The van der Waals surface area contributed by atoms with Gasteiger partial charge in [-0.05, 0) is 48.5 Å². The average molecular weight is 379 g/mol. The van der Waals surface area contributed by atoms with Crippen LogP contribution < -0.4 is 15.5 Å². The van der Waals surface area contributed by atoms with Crippen molar-refractivity contribution >= 4 is 17.6 Å². The normalized spacial score (nSPS) is 10.2. The second-order valence-corrected chi connectivity index (χ2v) is 5.69. The summed E-state index contributed by atoms with van der Waals surface area (Å²) in [5.41, 5.74) is 0.667. The van der Waals surface area contributed by atoms with E-state index in [-0.39, 0.29) is 5.69 Å². The minimum absolute atomic E-state index is 0.254. The van der Waals surface area contributed by atoms with E-state index < -0.39 is 17.3 Å². The van der Waals surface area contributed by atoms with Crippen LogP contribution in [0.5, 0.6) is 5.75 Å². The van der Waals surface area contributed by atoms with Gasteiger partial charge in [-0.2, -0.15) is 5.10 Å². The highest BCUT2D eigenvalue weighted by atomic mass is 16.5. The number of hydrogen-bond donors (Lipinski definition) is 1. The fourth-order valence-corrected chi connectivity index (χ4v) is 2.44. The van der Waals surface area contributed by atoms with Crippen molar-refractivity contribution in [1.82, 2.24) is 9.78 Å². The Bertz CT molecular complexity index is 1060. The first-order valence-electron chi connectivity index (χ1n) is 8.26. The molecule has 0 saturated carbocycles. The Morgan fingerprint density at radius 2 is 1.64 bits per heavy atom. The van der Waals surface area contributed by atoms with Crippen LogP contribution in [0.15, 0.2) is 65.6 Å². The van der Waals surface area contributed by atoms with Crippen LogP contribution in [-0.4, -0.2) is 35.9 Å². The lowest BCUT2D eigenvalue weighted by molar-refractivity contribution is 0.0600. The number of nitrogens with zero attached hydrogens (tertiary/aromatic N) is 2. The summed E-state index contributed by atoms with van der Waals surface area (Å²) in [6.45, 7) is 0. The summed E-state index contributed by atoms with van der Waals surface area (Å²) in [5, 5.41) is 6.72. The van der Waals surface area contributed by atoms with Gasteiger partial charge in [-0.15, -0.1) is 0 Å². The molecule has 3 aromatic rings. The second kappa shape index (κ2) is 8.17. The number of nitrogens with one attached hydrogen (secondary N) is 1. The Morgan fingerprint density at radius 3 is 2.25 bits per heavy atom. The van der Waals surface area contributed by atoms with Gasteiger partial charge in [0.1, 0.15) is 5.75 Å². The van der Waals surface area contributed by atoms with E-state index in [2.05, 4.69) is 15.2 Å². The first-order valence-corrected chi connectivity index (χ1v) is 8.26. The molecule has 8 heteroatoms. The van der Waals surface area contributed by atoms with E-state index in [9.17, 15) is 14.4 Å². The van der Waals surface area contributed by atoms with E-state index in [4.69, 9.17) is 4.74 Å². The van der Waals surface area contributed by atoms with Crippen LogP contribution in [-0.2, 0) is 4.74 Å². The number of rotatable bonds is 5. The molecule has 0 atom stereocenters. The number of benzene rings is 2. The van der Waals surface area contributed by atoms with Crippen LogP contribution >= 0.6 is 0 Å². The van der Waals surface area contributed by atoms with E-state index >= 15 is 0 Å². The molecule has 0 unspecified atom stereocenters.